The van der Waals surface area contributed by atoms with Gasteiger partial charge in [-0.15, -0.1) is 0 Å². The van der Waals surface area contributed by atoms with E-state index in [0.717, 1.165) is 0 Å². The predicted octanol–water partition coefficient (Wildman–Crippen LogP) is 2.49. The van der Waals surface area contributed by atoms with Crippen molar-refractivity contribution in [2.45, 2.75) is 32.5 Å². The number of benzene rings is 1. The van der Waals surface area contributed by atoms with Crippen molar-refractivity contribution in [3.63, 3.8) is 0 Å². The van der Waals surface area contributed by atoms with Crippen molar-refractivity contribution in [3.05, 3.63) is 75.0 Å². The van der Waals surface area contributed by atoms with Crippen LogP contribution < -0.4 is 10.7 Å². The summed E-state index contributed by atoms with van der Waals surface area (Å²) in [4.78, 5) is 39.8. The summed E-state index contributed by atoms with van der Waals surface area (Å²) in [6.45, 7) is 3.40. The molecular formula is C22H20F3N3O4. The standard InChI is InChI=1S/C22H20F3N3O4/c1-10-3-4-11(2)27-9-17(10)28-8-14(19(29)20(30)18(28)22(27)32)21(31)26-7-13-15(24)5-12(23)6-16(13)25/h3-6,8,10-11,17,30H,7,9H2,1-2H3,(H,26,31)/t10-,11-,17+/m0/s1. The highest BCUT2D eigenvalue weighted by Gasteiger charge is 2.39. The Bertz CT molecular complexity index is 1200. The van der Waals surface area contributed by atoms with Crippen LogP contribution in [0, 0.1) is 23.4 Å². The van der Waals surface area contributed by atoms with Gasteiger partial charge in [0, 0.05) is 43.0 Å². The summed E-state index contributed by atoms with van der Waals surface area (Å²) in [5.74, 6) is -5.95. The Balaban J connectivity index is 1.71. The van der Waals surface area contributed by atoms with Gasteiger partial charge in [-0.3, -0.25) is 14.4 Å². The summed E-state index contributed by atoms with van der Waals surface area (Å²) in [7, 11) is 0. The number of halogens is 3. The van der Waals surface area contributed by atoms with Crippen LogP contribution in [0.3, 0.4) is 0 Å². The molecule has 0 fully saturated rings. The third-order valence-electron chi connectivity index (χ3n) is 5.98. The number of aromatic hydroxyl groups is 1. The first-order valence-electron chi connectivity index (χ1n) is 9.99. The number of carbonyl (C=O) groups excluding carboxylic acids is 2. The maximum Gasteiger partial charge on any atom is 0.275 e. The van der Waals surface area contributed by atoms with Crippen molar-refractivity contribution < 1.29 is 27.9 Å². The minimum absolute atomic E-state index is 0.0745. The molecule has 32 heavy (non-hydrogen) atoms. The third-order valence-corrected chi connectivity index (χ3v) is 5.98. The van der Waals surface area contributed by atoms with E-state index in [9.17, 15) is 32.7 Å². The fourth-order valence-electron chi connectivity index (χ4n) is 4.11. The first-order valence-corrected chi connectivity index (χ1v) is 9.99. The third kappa shape index (κ3) is 3.45. The van der Waals surface area contributed by atoms with Gasteiger partial charge in [0.1, 0.15) is 23.0 Å². The number of nitrogens with zero attached hydrogens (tertiary/aromatic N) is 2. The van der Waals surface area contributed by atoms with Crippen LogP contribution in [0.4, 0.5) is 13.2 Å². The van der Waals surface area contributed by atoms with E-state index in [1.165, 1.54) is 10.8 Å². The summed E-state index contributed by atoms with van der Waals surface area (Å²) in [5, 5.41) is 12.7. The van der Waals surface area contributed by atoms with Crippen LogP contribution >= 0.6 is 0 Å². The van der Waals surface area contributed by atoms with E-state index in [4.69, 9.17) is 0 Å². The molecule has 2 N–H and O–H groups in total. The van der Waals surface area contributed by atoms with Crippen LogP contribution in [-0.4, -0.2) is 39.0 Å². The molecule has 7 nitrogen and oxygen atoms in total. The molecule has 0 spiro atoms. The fourth-order valence-corrected chi connectivity index (χ4v) is 4.11. The maximum atomic E-state index is 13.8. The first kappa shape index (κ1) is 21.7. The van der Waals surface area contributed by atoms with Crippen LogP contribution in [0.25, 0.3) is 0 Å². The maximum absolute atomic E-state index is 13.8. The number of allylic oxidation sites excluding steroid dienone is 1. The van der Waals surface area contributed by atoms with Gasteiger partial charge in [-0.1, -0.05) is 19.1 Å². The molecule has 1 aromatic carbocycles. The predicted molar refractivity (Wildman–Crippen MR) is 108 cm³/mol. The Morgan fingerprint density at radius 3 is 2.47 bits per heavy atom. The number of aromatic nitrogens is 1. The lowest BCUT2D eigenvalue weighted by Crippen LogP contribution is -2.48. The van der Waals surface area contributed by atoms with Crippen molar-refractivity contribution in [2.24, 2.45) is 5.92 Å². The second kappa shape index (κ2) is 7.85. The van der Waals surface area contributed by atoms with Crippen LogP contribution in [0.2, 0.25) is 0 Å². The second-order valence-electron chi connectivity index (χ2n) is 8.02. The lowest BCUT2D eigenvalue weighted by atomic mass is 9.98. The molecule has 2 aromatic rings. The summed E-state index contributed by atoms with van der Waals surface area (Å²) >= 11 is 0. The quantitative estimate of drug-likeness (QED) is 0.708. The molecule has 2 bridgehead atoms. The Hall–Kier alpha value is -3.56. The molecule has 0 aliphatic carbocycles. The Morgan fingerprint density at radius 1 is 1.16 bits per heavy atom. The SMILES string of the molecule is C[C@H]1C=C[C@H](C)N2C[C@H]1n1cc(C(=O)NCc3c(F)cc(F)cc3F)c(=O)c(O)c1C2=O. The van der Waals surface area contributed by atoms with E-state index in [1.807, 2.05) is 26.0 Å². The van der Waals surface area contributed by atoms with Crippen LogP contribution in [-0.2, 0) is 6.54 Å². The normalized spacial score (nSPS) is 21.8. The summed E-state index contributed by atoms with van der Waals surface area (Å²) in [5.41, 5.74) is -2.34. The molecule has 1 aromatic heterocycles. The summed E-state index contributed by atoms with van der Waals surface area (Å²) < 4.78 is 42.2. The van der Waals surface area contributed by atoms with E-state index in [2.05, 4.69) is 5.32 Å². The van der Waals surface area contributed by atoms with E-state index >= 15 is 0 Å². The Morgan fingerprint density at radius 2 is 1.81 bits per heavy atom. The number of carbonyl (C=O) groups is 2. The monoisotopic (exact) mass is 447 g/mol. The van der Waals surface area contributed by atoms with Gasteiger partial charge in [0.25, 0.3) is 11.8 Å². The molecule has 10 heteroatoms. The topological polar surface area (TPSA) is 91.6 Å². The number of rotatable bonds is 3. The minimum Gasteiger partial charge on any atom is -0.503 e. The van der Waals surface area contributed by atoms with Crippen LogP contribution in [0.1, 0.15) is 46.3 Å². The molecule has 0 saturated heterocycles. The highest BCUT2D eigenvalue weighted by molar-refractivity contribution is 5.99. The number of nitrogens with one attached hydrogen (secondary N) is 1. The number of pyridine rings is 1. The van der Waals surface area contributed by atoms with Gasteiger partial charge in [0.2, 0.25) is 5.43 Å². The molecule has 0 radical (unpaired) electrons. The highest BCUT2D eigenvalue weighted by Crippen LogP contribution is 2.34. The van der Waals surface area contributed by atoms with Gasteiger partial charge in [-0.2, -0.15) is 0 Å². The average molecular weight is 447 g/mol. The molecule has 0 unspecified atom stereocenters. The summed E-state index contributed by atoms with van der Waals surface area (Å²) in [6, 6.07) is 0.378. The fraction of sp³-hybridized carbons (Fsp3) is 0.318. The molecule has 3 heterocycles. The summed E-state index contributed by atoms with van der Waals surface area (Å²) in [6.07, 6.45) is 4.97. The lowest BCUT2D eigenvalue weighted by molar-refractivity contribution is 0.0612. The average Bonchev–Trinajstić information content (AvgIpc) is 2.85. The van der Waals surface area contributed by atoms with Crippen molar-refractivity contribution in [3.8, 4) is 5.75 Å². The lowest BCUT2D eigenvalue weighted by Gasteiger charge is -2.38. The van der Waals surface area contributed by atoms with E-state index in [-0.39, 0.29) is 23.7 Å². The molecule has 168 valence electrons. The Kier molecular flexibility index (Phi) is 5.31. The van der Waals surface area contributed by atoms with Gasteiger partial charge in [0.15, 0.2) is 11.4 Å². The molecule has 4 rings (SSSR count). The number of hydrogen-bond donors (Lipinski definition) is 2. The Labute approximate surface area is 180 Å². The minimum atomic E-state index is -1.19. The van der Waals surface area contributed by atoms with Crippen molar-refractivity contribution >= 4 is 11.8 Å². The van der Waals surface area contributed by atoms with Gasteiger partial charge in [0.05, 0.1) is 6.04 Å². The smallest absolute Gasteiger partial charge is 0.275 e. The molecule has 2 amide bonds. The van der Waals surface area contributed by atoms with Gasteiger partial charge >= 0.3 is 0 Å². The van der Waals surface area contributed by atoms with Crippen molar-refractivity contribution in [1.82, 2.24) is 14.8 Å². The second-order valence-corrected chi connectivity index (χ2v) is 8.02. The zero-order valence-corrected chi connectivity index (χ0v) is 17.2. The molecular weight excluding hydrogens is 427 g/mol. The van der Waals surface area contributed by atoms with Gasteiger partial charge < -0.3 is 19.9 Å². The van der Waals surface area contributed by atoms with E-state index in [1.54, 1.807) is 4.90 Å². The largest absolute Gasteiger partial charge is 0.503 e. The first-order chi connectivity index (χ1) is 15.1. The van der Waals surface area contributed by atoms with Crippen molar-refractivity contribution in [2.75, 3.05) is 6.54 Å². The van der Waals surface area contributed by atoms with Crippen LogP contribution in [0.15, 0.2) is 35.3 Å². The zero-order valence-electron chi connectivity index (χ0n) is 17.2. The molecule has 2 aliphatic heterocycles. The number of fused-ring (bicyclic) bond motifs is 4. The van der Waals surface area contributed by atoms with Gasteiger partial charge in [-0.05, 0) is 12.8 Å². The van der Waals surface area contributed by atoms with Gasteiger partial charge in [-0.25, -0.2) is 13.2 Å². The molecule has 2 aliphatic rings. The highest BCUT2D eigenvalue weighted by atomic mass is 19.1. The number of amides is 2. The zero-order chi connectivity index (χ0) is 23.3. The van der Waals surface area contributed by atoms with Crippen LogP contribution in [0.5, 0.6) is 5.75 Å². The molecule has 3 atom stereocenters. The van der Waals surface area contributed by atoms with E-state index in [0.29, 0.717) is 18.7 Å². The molecule has 0 saturated carbocycles. The number of hydrogen-bond acceptors (Lipinski definition) is 4. The van der Waals surface area contributed by atoms with Crippen molar-refractivity contribution in [1.29, 1.82) is 0 Å². The van der Waals surface area contributed by atoms with E-state index < -0.39 is 58.1 Å².